The molecule has 0 aliphatic heterocycles. The fraction of sp³-hybridized carbons (Fsp3) is 0.250. The van der Waals surface area contributed by atoms with Gasteiger partial charge in [-0.15, -0.1) is 0 Å². The van der Waals surface area contributed by atoms with Crippen molar-refractivity contribution in [2.24, 2.45) is 0 Å². The molecule has 8 nitrogen and oxygen atoms in total. The Labute approximate surface area is 199 Å². The molecule has 0 aliphatic rings. The summed E-state index contributed by atoms with van der Waals surface area (Å²) in [6, 6.07) is 10.9. The van der Waals surface area contributed by atoms with Crippen molar-refractivity contribution in [1.82, 2.24) is 15.1 Å². The first-order chi connectivity index (χ1) is 16.5. The highest BCUT2D eigenvalue weighted by Gasteiger charge is 2.30. The van der Waals surface area contributed by atoms with Gasteiger partial charge in [-0.2, -0.15) is 18.3 Å². The first-order valence-corrected chi connectivity index (χ1v) is 10.5. The SMILES string of the molecule is COC(=O)CNC(=O)c1cccc(NC(=O)Cc2c(C)nn(-c3cccc(C(F)(F)F)c3)c2C)c1. The minimum atomic E-state index is -4.49. The van der Waals surface area contributed by atoms with Crippen molar-refractivity contribution in [1.29, 1.82) is 0 Å². The summed E-state index contributed by atoms with van der Waals surface area (Å²) < 4.78 is 45.1. The van der Waals surface area contributed by atoms with Crippen LogP contribution >= 0.6 is 0 Å². The summed E-state index contributed by atoms with van der Waals surface area (Å²) in [5.74, 6) is -1.51. The standard InChI is InChI=1S/C24H23F3N4O4/c1-14-20(15(2)31(30-14)19-9-5-7-17(11-19)24(25,26)27)12-21(32)29-18-8-4-6-16(10-18)23(34)28-13-22(33)35-3/h4-11H,12-13H2,1-3H3,(H,28,34)(H,29,32). The number of nitrogens with zero attached hydrogens (tertiary/aromatic N) is 2. The van der Waals surface area contributed by atoms with Crippen LogP contribution in [0.3, 0.4) is 0 Å². The number of esters is 1. The van der Waals surface area contributed by atoms with E-state index in [2.05, 4.69) is 20.5 Å². The van der Waals surface area contributed by atoms with Crippen LogP contribution < -0.4 is 10.6 Å². The Morgan fingerprint density at radius 2 is 1.77 bits per heavy atom. The molecule has 184 valence electrons. The van der Waals surface area contributed by atoms with E-state index in [1.54, 1.807) is 26.0 Å². The highest BCUT2D eigenvalue weighted by atomic mass is 19.4. The third-order valence-corrected chi connectivity index (χ3v) is 5.23. The van der Waals surface area contributed by atoms with Gasteiger partial charge in [0.2, 0.25) is 5.91 Å². The summed E-state index contributed by atoms with van der Waals surface area (Å²) >= 11 is 0. The number of hydrogen-bond acceptors (Lipinski definition) is 5. The number of alkyl halides is 3. The number of hydrogen-bond donors (Lipinski definition) is 2. The molecule has 3 aromatic rings. The molecule has 2 amide bonds. The molecule has 2 N–H and O–H groups in total. The zero-order chi connectivity index (χ0) is 25.8. The molecule has 0 radical (unpaired) electrons. The highest BCUT2D eigenvalue weighted by molar-refractivity contribution is 5.98. The lowest BCUT2D eigenvalue weighted by Gasteiger charge is -2.10. The normalized spacial score (nSPS) is 11.1. The molecule has 1 heterocycles. The van der Waals surface area contributed by atoms with Gasteiger partial charge in [0.15, 0.2) is 0 Å². The van der Waals surface area contributed by atoms with Crippen molar-refractivity contribution < 1.29 is 32.3 Å². The van der Waals surface area contributed by atoms with Gasteiger partial charge >= 0.3 is 12.1 Å². The Morgan fingerprint density at radius 1 is 1.06 bits per heavy atom. The zero-order valence-corrected chi connectivity index (χ0v) is 19.2. The molecule has 0 aliphatic carbocycles. The molecule has 3 rings (SSSR count). The number of methoxy groups -OCH3 is 1. The van der Waals surface area contributed by atoms with Crippen molar-refractivity contribution in [3.8, 4) is 5.69 Å². The number of rotatable bonds is 7. The van der Waals surface area contributed by atoms with Crippen LogP contribution in [0.2, 0.25) is 0 Å². The van der Waals surface area contributed by atoms with E-state index < -0.39 is 29.5 Å². The van der Waals surface area contributed by atoms with Crippen molar-refractivity contribution in [3.05, 3.63) is 76.6 Å². The average molecular weight is 488 g/mol. The predicted molar refractivity (Wildman–Crippen MR) is 121 cm³/mol. The molecular weight excluding hydrogens is 465 g/mol. The van der Waals surface area contributed by atoms with Crippen LogP contribution in [-0.4, -0.2) is 41.2 Å². The summed E-state index contributed by atoms with van der Waals surface area (Å²) in [4.78, 5) is 36.1. The monoisotopic (exact) mass is 488 g/mol. The molecule has 35 heavy (non-hydrogen) atoms. The smallest absolute Gasteiger partial charge is 0.416 e. The lowest BCUT2D eigenvalue weighted by Crippen LogP contribution is -2.30. The van der Waals surface area contributed by atoms with E-state index in [-0.39, 0.29) is 24.2 Å². The van der Waals surface area contributed by atoms with Crippen molar-refractivity contribution in [3.63, 3.8) is 0 Å². The molecule has 11 heteroatoms. The van der Waals surface area contributed by atoms with E-state index in [1.165, 1.54) is 36.1 Å². The van der Waals surface area contributed by atoms with E-state index in [9.17, 15) is 27.6 Å². The lowest BCUT2D eigenvalue weighted by atomic mass is 10.1. The van der Waals surface area contributed by atoms with Gasteiger partial charge < -0.3 is 15.4 Å². The van der Waals surface area contributed by atoms with Crippen LogP contribution in [0.1, 0.15) is 32.9 Å². The van der Waals surface area contributed by atoms with E-state index >= 15 is 0 Å². The Bertz CT molecular complexity index is 1270. The second-order valence-electron chi connectivity index (χ2n) is 7.67. The summed E-state index contributed by atoms with van der Waals surface area (Å²) in [5, 5.41) is 9.43. The number of nitrogens with one attached hydrogen (secondary N) is 2. The van der Waals surface area contributed by atoms with Crippen LogP contribution in [0, 0.1) is 13.8 Å². The number of benzene rings is 2. The van der Waals surface area contributed by atoms with Crippen LogP contribution in [-0.2, 0) is 26.9 Å². The number of ether oxygens (including phenoxy) is 1. The van der Waals surface area contributed by atoms with E-state index in [4.69, 9.17) is 0 Å². The summed E-state index contributed by atoms with van der Waals surface area (Å²) in [6.07, 6.45) is -4.56. The first-order valence-electron chi connectivity index (χ1n) is 10.5. The van der Waals surface area contributed by atoms with Crippen molar-refractivity contribution >= 4 is 23.5 Å². The van der Waals surface area contributed by atoms with Gasteiger partial charge in [-0.25, -0.2) is 4.68 Å². The van der Waals surface area contributed by atoms with Crippen LogP contribution in [0.25, 0.3) is 5.69 Å². The number of carbonyl (C=O) groups is 3. The first kappa shape index (κ1) is 25.5. The minimum Gasteiger partial charge on any atom is -0.468 e. The molecule has 0 unspecified atom stereocenters. The summed E-state index contributed by atoms with van der Waals surface area (Å²) in [7, 11) is 1.21. The fourth-order valence-corrected chi connectivity index (χ4v) is 3.43. The summed E-state index contributed by atoms with van der Waals surface area (Å²) in [6.45, 7) is 3.06. The molecule has 0 atom stereocenters. The summed E-state index contributed by atoms with van der Waals surface area (Å²) in [5.41, 5.74) is 1.65. The van der Waals surface area contributed by atoms with Gasteiger partial charge in [-0.05, 0) is 50.2 Å². The number of aromatic nitrogens is 2. The maximum atomic E-state index is 13.1. The predicted octanol–water partition coefficient (Wildman–Crippen LogP) is 3.59. The Balaban J connectivity index is 1.73. The van der Waals surface area contributed by atoms with Crippen molar-refractivity contribution in [2.75, 3.05) is 19.0 Å². The number of carbonyl (C=O) groups excluding carboxylic acids is 3. The number of aryl methyl sites for hydroxylation is 1. The largest absolute Gasteiger partial charge is 0.468 e. The third-order valence-electron chi connectivity index (χ3n) is 5.23. The third kappa shape index (κ3) is 6.25. The molecule has 0 saturated carbocycles. The Hall–Kier alpha value is -4.15. The zero-order valence-electron chi connectivity index (χ0n) is 19.2. The van der Waals surface area contributed by atoms with Gasteiger partial charge in [0.1, 0.15) is 6.54 Å². The molecule has 2 aromatic carbocycles. The number of halogens is 3. The van der Waals surface area contributed by atoms with Crippen LogP contribution in [0.4, 0.5) is 18.9 Å². The van der Waals surface area contributed by atoms with E-state index in [1.807, 2.05) is 0 Å². The molecule has 0 fully saturated rings. The van der Waals surface area contributed by atoms with Gasteiger partial charge in [-0.3, -0.25) is 14.4 Å². The van der Waals surface area contributed by atoms with Crippen LogP contribution in [0.15, 0.2) is 48.5 Å². The Morgan fingerprint density at radius 3 is 2.46 bits per heavy atom. The fourth-order valence-electron chi connectivity index (χ4n) is 3.43. The van der Waals surface area contributed by atoms with Gasteiger partial charge in [0.25, 0.3) is 5.91 Å². The van der Waals surface area contributed by atoms with E-state index in [0.29, 0.717) is 22.6 Å². The lowest BCUT2D eigenvalue weighted by molar-refractivity contribution is -0.139. The number of anilines is 1. The molecule has 0 bridgehead atoms. The van der Waals surface area contributed by atoms with E-state index in [0.717, 1.165) is 12.1 Å². The average Bonchev–Trinajstić information content (AvgIpc) is 3.10. The molecule has 0 saturated heterocycles. The highest BCUT2D eigenvalue weighted by Crippen LogP contribution is 2.31. The second-order valence-corrected chi connectivity index (χ2v) is 7.67. The quantitative estimate of drug-likeness (QED) is 0.495. The molecule has 1 aromatic heterocycles. The topological polar surface area (TPSA) is 102 Å². The minimum absolute atomic E-state index is 0.0740. The molecular formula is C24H23F3N4O4. The van der Waals surface area contributed by atoms with Gasteiger partial charge in [-0.1, -0.05) is 12.1 Å². The Kier molecular flexibility index (Phi) is 7.58. The molecule has 0 spiro atoms. The van der Waals surface area contributed by atoms with Crippen LogP contribution in [0.5, 0.6) is 0 Å². The maximum absolute atomic E-state index is 13.1. The maximum Gasteiger partial charge on any atom is 0.416 e. The van der Waals surface area contributed by atoms with Crippen molar-refractivity contribution in [2.45, 2.75) is 26.4 Å². The second kappa shape index (κ2) is 10.4. The van der Waals surface area contributed by atoms with Gasteiger partial charge in [0.05, 0.1) is 30.5 Å². The number of amides is 2. The van der Waals surface area contributed by atoms with Gasteiger partial charge in [0, 0.05) is 22.5 Å².